The maximum absolute atomic E-state index is 13.6. The van der Waals surface area contributed by atoms with Crippen molar-refractivity contribution in [3.8, 4) is 0 Å². The molecule has 0 spiro atoms. The Kier molecular flexibility index (Phi) is 4.11. The number of hydrogen-bond donors (Lipinski definition) is 2. The first-order valence-corrected chi connectivity index (χ1v) is 6.27. The van der Waals surface area contributed by atoms with E-state index in [1.807, 2.05) is 19.1 Å². The second-order valence-corrected chi connectivity index (χ2v) is 4.53. The summed E-state index contributed by atoms with van der Waals surface area (Å²) in [6.45, 7) is 2.31. The fourth-order valence-electron chi connectivity index (χ4n) is 1.70. The molecule has 0 aliphatic rings. The Morgan fingerprint density at radius 2 is 2.16 bits per heavy atom. The predicted octanol–water partition coefficient (Wildman–Crippen LogP) is 2.30. The van der Waals surface area contributed by atoms with Gasteiger partial charge in [-0.25, -0.2) is 4.39 Å². The highest BCUT2D eigenvalue weighted by atomic mass is 32.1. The van der Waals surface area contributed by atoms with Gasteiger partial charge in [-0.05, 0) is 25.2 Å². The first-order chi connectivity index (χ1) is 9.10. The standard InChI is InChI=1S/C13H15FN4S/c1-9-7-12(16-13(19)15-2)17-18(9)8-10-5-3-4-6-11(10)14/h3-7H,8H2,1-2H3,(H2,15,16,17,19). The van der Waals surface area contributed by atoms with Gasteiger partial charge in [-0.15, -0.1) is 0 Å². The van der Waals surface area contributed by atoms with Gasteiger partial charge in [0.05, 0.1) is 6.54 Å². The summed E-state index contributed by atoms with van der Waals surface area (Å²) in [4.78, 5) is 0. The number of anilines is 1. The average Bonchev–Trinajstić information content (AvgIpc) is 2.72. The molecule has 1 heterocycles. The van der Waals surface area contributed by atoms with E-state index in [1.54, 1.807) is 23.9 Å². The predicted molar refractivity (Wildman–Crippen MR) is 77.7 cm³/mol. The van der Waals surface area contributed by atoms with Crippen LogP contribution in [0.2, 0.25) is 0 Å². The van der Waals surface area contributed by atoms with Crippen LogP contribution in [0.4, 0.5) is 10.2 Å². The Balaban J connectivity index is 2.17. The highest BCUT2D eigenvalue weighted by Gasteiger charge is 2.08. The third-order valence-electron chi connectivity index (χ3n) is 2.73. The minimum atomic E-state index is -0.224. The molecular weight excluding hydrogens is 263 g/mol. The number of hydrogen-bond acceptors (Lipinski definition) is 2. The molecule has 0 saturated heterocycles. The van der Waals surface area contributed by atoms with Gasteiger partial charge in [0.25, 0.3) is 0 Å². The Hall–Kier alpha value is -1.95. The van der Waals surface area contributed by atoms with E-state index in [1.165, 1.54) is 6.07 Å². The van der Waals surface area contributed by atoms with Crippen molar-refractivity contribution in [2.75, 3.05) is 12.4 Å². The number of benzene rings is 1. The molecule has 19 heavy (non-hydrogen) atoms. The number of nitrogens with zero attached hydrogens (tertiary/aromatic N) is 2. The summed E-state index contributed by atoms with van der Waals surface area (Å²) in [5.74, 6) is 0.422. The molecule has 0 amide bonds. The lowest BCUT2D eigenvalue weighted by atomic mass is 10.2. The van der Waals surface area contributed by atoms with E-state index in [-0.39, 0.29) is 5.82 Å². The molecule has 2 N–H and O–H groups in total. The van der Waals surface area contributed by atoms with Crippen molar-refractivity contribution >= 4 is 23.1 Å². The Morgan fingerprint density at radius 1 is 1.42 bits per heavy atom. The van der Waals surface area contributed by atoms with Crippen LogP contribution >= 0.6 is 12.2 Å². The monoisotopic (exact) mass is 278 g/mol. The average molecular weight is 278 g/mol. The molecule has 6 heteroatoms. The highest BCUT2D eigenvalue weighted by Crippen LogP contribution is 2.13. The smallest absolute Gasteiger partial charge is 0.171 e. The molecule has 0 unspecified atom stereocenters. The van der Waals surface area contributed by atoms with E-state index in [0.717, 1.165) is 5.69 Å². The zero-order valence-electron chi connectivity index (χ0n) is 10.8. The van der Waals surface area contributed by atoms with Gasteiger partial charge in [0.2, 0.25) is 0 Å². The Morgan fingerprint density at radius 3 is 2.84 bits per heavy atom. The topological polar surface area (TPSA) is 41.9 Å². The van der Waals surface area contributed by atoms with E-state index in [0.29, 0.717) is 23.0 Å². The summed E-state index contributed by atoms with van der Waals surface area (Å²) < 4.78 is 15.3. The van der Waals surface area contributed by atoms with Crippen molar-refractivity contribution in [3.63, 3.8) is 0 Å². The lowest BCUT2D eigenvalue weighted by Crippen LogP contribution is -2.24. The van der Waals surface area contributed by atoms with Crippen LogP contribution in [0, 0.1) is 12.7 Å². The zero-order valence-corrected chi connectivity index (χ0v) is 11.6. The van der Waals surface area contributed by atoms with E-state index < -0.39 is 0 Å². The first-order valence-electron chi connectivity index (χ1n) is 5.86. The summed E-state index contributed by atoms with van der Waals surface area (Å²) in [7, 11) is 1.73. The van der Waals surface area contributed by atoms with Gasteiger partial charge < -0.3 is 10.6 Å². The number of aryl methyl sites for hydroxylation is 1. The molecule has 2 aromatic rings. The van der Waals surface area contributed by atoms with Gasteiger partial charge in [-0.3, -0.25) is 4.68 Å². The molecular formula is C13H15FN4S. The number of aromatic nitrogens is 2. The van der Waals surface area contributed by atoms with Gasteiger partial charge in [-0.1, -0.05) is 18.2 Å². The fraction of sp³-hybridized carbons (Fsp3) is 0.231. The largest absolute Gasteiger partial charge is 0.365 e. The first kappa shape index (κ1) is 13.5. The quantitative estimate of drug-likeness (QED) is 0.845. The van der Waals surface area contributed by atoms with Crippen LogP contribution in [-0.4, -0.2) is 21.9 Å². The van der Waals surface area contributed by atoms with Crippen LogP contribution in [0.15, 0.2) is 30.3 Å². The third-order valence-corrected chi connectivity index (χ3v) is 3.03. The van der Waals surface area contributed by atoms with Gasteiger partial charge in [0.1, 0.15) is 5.82 Å². The van der Waals surface area contributed by atoms with Crippen molar-refractivity contribution in [1.29, 1.82) is 0 Å². The zero-order chi connectivity index (χ0) is 13.8. The summed E-state index contributed by atoms with van der Waals surface area (Å²) in [5, 5.41) is 10.6. The summed E-state index contributed by atoms with van der Waals surface area (Å²) >= 11 is 5.01. The van der Waals surface area contributed by atoms with Crippen molar-refractivity contribution < 1.29 is 4.39 Å². The molecule has 1 aromatic carbocycles. The van der Waals surface area contributed by atoms with Crippen LogP contribution in [0.25, 0.3) is 0 Å². The fourth-order valence-corrected chi connectivity index (χ4v) is 1.80. The van der Waals surface area contributed by atoms with Crippen molar-refractivity contribution in [2.24, 2.45) is 0 Å². The molecule has 0 aliphatic carbocycles. The second-order valence-electron chi connectivity index (χ2n) is 4.12. The highest BCUT2D eigenvalue weighted by molar-refractivity contribution is 7.80. The van der Waals surface area contributed by atoms with Crippen molar-refractivity contribution in [3.05, 3.63) is 47.4 Å². The van der Waals surface area contributed by atoms with E-state index in [9.17, 15) is 4.39 Å². The summed E-state index contributed by atoms with van der Waals surface area (Å²) in [5.41, 5.74) is 1.54. The molecule has 4 nitrogen and oxygen atoms in total. The maximum atomic E-state index is 13.6. The Bertz CT molecular complexity index is 594. The van der Waals surface area contributed by atoms with Gasteiger partial charge in [-0.2, -0.15) is 5.10 Å². The molecule has 0 atom stereocenters. The Labute approximate surface area is 116 Å². The van der Waals surface area contributed by atoms with Gasteiger partial charge in [0.15, 0.2) is 10.9 Å². The molecule has 0 saturated carbocycles. The molecule has 0 fully saturated rings. The van der Waals surface area contributed by atoms with Crippen LogP contribution < -0.4 is 10.6 Å². The van der Waals surface area contributed by atoms with E-state index in [2.05, 4.69) is 15.7 Å². The molecule has 0 aliphatic heterocycles. The second kappa shape index (κ2) is 5.79. The van der Waals surface area contributed by atoms with Crippen LogP contribution in [0.5, 0.6) is 0 Å². The van der Waals surface area contributed by atoms with Crippen LogP contribution in [0.3, 0.4) is 0 Å². The third kappa shape index (κ3) is 3.29. The minimum Gasteiger partial charge on any atom is -0.365 e. The van der Waals surface area contributed by atoms with Crippen LogP contribution in [0.1, 0.15) is 11.3 Å². The lowest BCUT2D eigenvalue weighted by Gasteiger charge is -2.06. The molecule has 0 radical (unpaired) electrons. The van der Waals surface area contributed by atoms with Crippen molar-refractivity contribution in [1.82, 2.24) is 15.1 Å². The number of rotatable bonds is 3. The molecule has 1 aromatic heterocycles. The van der Waals surface area contributed by atoms with Gasteiger partial charge >= 0.3 is 0 Å². The van der Waals surface area contributed by atoms with Crippen LogP contribution in [-0.2, 0) is 6.54 Å². The van der Waals surface area contributed by atoms with E-state index >= 15 is 0 Å². The summed E-state index contributed by atoms with van der Waals surface area (Å²) in [6, 6.07) is 8.55. The normalized spacial score (nSPS) is 10.3. The number of thiocarbonyl (C=S) groups is 1. The molecule has 2 rings (SSSR count). The SMILES string of the molecule is CNC(=S)Nc1cc(C)n(Cc2ccccc2F)n1. The van der Waals surface area contributed by atoms with Gasteiger partial charge in [0, 0.05) is 24.4 Å². The van der Waals surface area contributed by atoms with E-state index in [4.69, 9.17) is 12.2 Å². The molecule has 0 bridgehead atoms. The maximum Gasteiger partial charge on any atom is 0.171 e. The minimum absolute atomic E-state index is 0.224. The molecule has 100 valence electrons. The number of nitrogens with one attached hydrogen (secondary N) is 2. The lowest BCUT2D eigenvalue weighted by molar-refractivity contribution is 0.581. The van der Waals surface area contributed by atoms with Crippen molar-refractivity contribution in [2.45, 2.75) is 13.5 Å². The summed E-state index contributed by atoms with van der Waals surface area (Å²) in [6.07, 6.45) is 0. The number of halogens is 1.